The van der Waals surface area contributed by atoms with Crippen molar-refractivity contribution in [1.29, 1.82) is 0 Å². The molecule has 1 unspecified atom stereocenters. The number of pyridine rings is 1. The Kier molecular flexibility index (Phi) is 2.73. The average molecular weight is 203 g/mol. The standard InChI is InChI=1S/C10H13N5/c1-8(11)10-7-15(14-13-10)6-9-4-2-3-5-12-9/h2-5,7-8H,6,11H2,1H3. The molecule has 5 nitrogen and oxygen atoms in total. The molecule has 0 amide bonds. The SMILES string of the molecule is CC(N)c1cn(Cc2ccccn2)nn1. The molecule has 0 aliphatic carbocycles. The normalized spacial score (nSPS) is 12.7. The van der Waals surface area contributed by atoms with Crippen molar-refractivity contribution in [3.8, 4) is 0 Å². The topological polar surface area (TPSA) is 69.6 Å². The van der Waals surface area contributed by atoms with Crippen LogP contribution < -0.4 is 5.73 Å². The molecule has 2 N–H and O–H groups in total. The second kappa shape index (κ2) is 4.18. The highest BCUT2D eigenvalue weighted by Crippen LogP contribution is 2.04. The van der Waals surface area contributed by atoms with Gasteiger partial charge in [-0.1, -0.05) is 11.3 Å². The molecular formula is C10H13N5. The Labute approximate surface area is 87.9 Å². The lowest BCUT2D eigenvalue weighted by Crippen LogP contribution is -2.05. The minimum absolute atomic E-state index is 0.0810. The van der Waals surface area contributed by atoms with Crippen molar-refractivity contribution in [1.82, 2.24) is 20.0 Å². The van der Waals surface area contributed by atoms with Crippen molar-refractivity contribution in [2.75, 3.05) is 0 Å². The monoisotopic (exact) mass is 203 g/mol. The summed E-state index contributed by atoms with van der Waals surface area (Å²) in [6, 6.07) is 5.71. The maximum atomic E-state index is 5.69. The van der Waals surface area contributed by atoms with E-state index >= 15 is 0 Å². The van der Waals surface area contributed by atoms with Crippen LogP contribution in [0.15, 0.2) is 30.6 Å². The van der Waals surface area contributed by atoms with Crippen LogP contribution in [0, 0.1) is 0 Å². The lowest BCUT2D eigenvalue weighted by Gasteiger charge is -1.99. The van der Waals surface area contributed by atoms with E-state index < -0.39 is 0 Å². The van der Waals surface area contributed by atoms with Gasteiger partial charge in [-0.25, -0.2) is 4.68 Å². The first-order chi connectivity index (χ1) is 7.25. The van der Waals surface area contributed by atoms with Gasteiger partial charge in [0.15, 0.2) is 0 Å². The molecule has 2 aromatic heterocycles. The van der Waals surface area contributed by atoms with Gasteiger partial charge in [-0.05, 0) is 19.1 Å². The molecule has 0 radical (unpaired) electrons. The zero-order valence-electron chi connectivity index (χ0n) is 8.54. The second-order valence-corrected chi connectivity index (χ2v) is 3.45. The van der Waals surface area contributed by atoms with Crippen LogP contribution in [0.1, 0.15) is 24.4 Å². The van der Waals surface area contributed by atoms with Crippen LogP contribution >= 0.6 is 0 Å². The Hall–Kier alpha value is -1.75. The van der Waals surface area contributed by atoms with Gasteiger partial charge in [0.2, 0.25) is 0 Å². The lowest BCUT2D eigenvalue weighted by molar-refractivity contribution is 0.637. The van der Waals surface area contributed by atoms with Gasteiger partial charge >= 0.3 is 0 Å². The van der Waals surface area contributed by atoms with Crippen LogP contribution in [0.2, 0.25) is 0 Å². The van der Waals surface area contributed by atoms with E-state index in [-0.39, 0.29) is 6.04 Å². The molecule has 5 heteroatoms. The van der Waals surface area contributed by atoms with Gasteiger partial charge in [-0.2, -0.15) is 0 Å². The first-order valence-corrected chi connectivity index (χ1v) is 4.81. The third kappa shape index (κ3) is 2.38. The van der Waals surface area contributed by atoms with Gasteiger partial charge in [-0.3, -0.25) is 4.98 Å². The molecule has 0 bridgehead atoms. The summed E-state index contributed by atoms with van der Waals surface area (Å²) < 4.78 is 1.74. The molecule has 2 heterocycles. The molecule has 0 fully saturated rings. The van der Waals surface area contributed by atoms with Gasteiger partial charge in [-0.15, -0.1) is 5.10 Å². The molecule has 0 aromatic carbocycles. The van der Waals surface area contributed by atoms with Gasteiger partial charge in [0, 0.05) is 12.2 Å². The van der Waals surface area contributed by atoms with Crippen LogP contribution in [0.3, 0.4) is 0 Å². The van der Waals surface area contributed by atoms with E-state index in [2.05, 4.69) is 15.3 Å². The quantitative estimate of drug-likeness (QED) is 0.798. The van der Waals surface area contributed by atoms with E-state index in [1.807, 2.05) is 31.3 Å². The van der Waals surface area contributed by atoms with E-state index in [0.717, 1.165) is 11.4 Å². The smallest absolute Gasteiger partial charge is 0.0991 e. The third-order valence-corrected chi connectivity index (χ3v) is 2.07. The summed E-state index contributed by atoms with van der Waals surface area (Å²) in [5.74, 6) is 0. The van der Waals surface area contributed by atoms with Crippen molar-refractivity contribution in [2.24, 2.45) is 5.73 Å². The number of hydrogen-bond donors (Lipinski definition) is 1. The predicted octanol–water partition coefficient (Wildman–Crippen LogP) is 0.741. The highest BCUT2D eigenvalue weighted by molar-refractivity contribution is 5.05. The number of aromatic nitrogens is 4. The van der Waals surface area contributed by atoms with Crippen LogP contribution in [-0.2, 0) is 6.54 Å². The molecule has 0 aliphatic rings. The van der Waals surface area contributed by atoms with Gasteiger partial charge in [0.25, 0.3) is 0 Å². The van der Waals surface area contributed by atoms with Crippen LogP contribution in [0.25, 0.3) is 0 Å². The Morgan fingerprint density at radius 2 is 2.33 bits per heavy atom. The lowest BCUT2D eigenvalue weighted by atomic mass is 10.3. The highest BCUT2D eigenvalue weighted by Gasteiger charge is 2.05. The first-order valence-electron chi connectivity index (χ1n) is 4.81. The Morgan fingerprint density at radius 1 is 1.47 bits per heavy atom. The van der Waals surface area contributed by atoms with E-state index in [0.29, 0.717) is 6.54 Å². The maximum Gasteiger partial charge on any atom is 0.0991 e. The second-order valence-electron chi connectivity index (χ2n) is 3.45. The predicted molar refractivity (Wildman–Crippen MR) is 56.0 cm³/mol. The summed E-state index contributed by atoms with van der Waals surface area (Å²) in [5.41, 5.74) is 7.44. The van der Waals surface area contributed by atoms with E-state index in [4.69, 9.17) is 5.73 Å². The highest BCUT2D eigenvalue weighted by atomic mass is 15.4. The Morgan fingerprint density at radius 3 is 2.93 bits per heavy atom. The summed E-state index contributed by atoms with van der Waals surface area (Å²) in [7, 11) is 0. The fourth-order valence-electron chi connectivity index (χ4n) is 1.26. The Bertz CT molecular complexity index is 420. The van der Waals surface area contributed by atoms with Crippen molar-refractivity contribution in [2.45, 2.75) is 19.5 Å². The van der Waals surface area contributed by atoms with E-state index in [1.54, 1.807) is 10.9 Å². The van der Waals surface area contributed by atoms with Crippen molar-refractivity contribution in [3.05, 3.63) is 42.0 Å². The molecule has 2 rings (SSSR count). The van der Waals surface area contributed by atoms with Crippen molar-refractivity contribution < 1.29 is 0 Å². The Balaban J connectivity index is 2.12. The fraction of sp³-hybridized carbons (Fsp3) is 0.300. The zero-order valence-corrected chi connectivity index (χ0v) is 8.54. The maximum absolute atomic E-state index is 5.69. The molecule has 0 saturated heterocycles. The molecule has 78 valence electrons. The largest absolute Gasteiger partial charge is 0.323 e. The minimum Gasteiger partial charge on any atom is -0.323 e. The van der Waals surface area contributed by atoms with E-state index in [9.17, 15) is 0 Å². The molecule has 0 spiro atoms. The van der Waals surface area contributed by atoms with Crippen LogP contribution in [0.4, 0.5) is 0 Å². The minimum atomic E-state index is -0.0810. The number of nitrogens with two attached hydrogens (primary N) is 1. The van der Waals surface area contributed by atoms with Gasteiger partial charge in [0.05, 0.1) is 24.1 Å². The van der Waals surface area contributed by atoms with E-state index in [1.165, 1.54) is 0 Å². The molecule has 0 saturated carbocycles. The molecule has 2 aromatic rings. The average Bonchev–Trinajstić information content (AvgIpc) is 2.68. The van der Waals surface area contributed by atoms with Gasteiger partial charge in [0.1, 0.15) is 0 Å². The number of hydrogen-bond acceptors (Lipinski definition) is 4. The van der Waals surface area contributed by atoms with Crippen LogP contribution in [-0.4, -0.2) is 20.0 Å². The fourth-order valence-corrected chi connectivity index (χ4v) is 1.26. The third-order valence-electron chi connectivity index (χ3n) is 2.07. The summed E-state index contributed by atoms with van der Waals surface area (Å²) >= 11 is 0. The summed E-state index contributed by atoms with van der Waals surface area (Å²) in [5, 5.41) is 7.95. The first kappa shape index (κ1) is 9.79. The molecule has 0 aliphatic heterocycles. The molecule has 1 atom stereocenters. The number of rotatable bonds is 3. The zero-order chi connectivity index (χ0) is 10.7. The molecule has 15 heavy (non-hydrogen) atoms. The molecular weight excluding hydrogens is 190 g/mol. The summed E-state index contributed by atoms with van der Waals surface area (Å²) in [4.78, 5) is 4.21. The van der Waals surface area contributed by atoms with Crippen molar-refractivity contribution in [3.63, 3.8) is 0 Å². The van der Waals surface area contributed by atoms with Gasteiger partial charge < -0.3 is 5.73 Å². The van der Waals surface area contributed by atoms with Crippen molar-refractivity contribution >= 4 is 0 Å². The summed E-state index contributed by atoms with van der Waals surface area (Å²) in [6.45, 7) is 2.51. The number of nitrogens with zero attached hydrogens (tertiary/aromatic N) is 4. The summed E-state index contributed by atoms with van der Waals surface area (Å²) in [6.07, 6.45) is 3.61. The van der Waals surface area contributed by atoms with Crippen LogP contribution in [0.5, 0.6) is 0 Å².